The normalized spacial score (nSPS) is 13.0. The first-order chi connectivity index (χ1) is 30.0. The van der Waals surface area contributed by atoms with Crippen LogP contribution in [0.15, 0.2) is 109 Å². The molecule has 61 heavy (non-hydrogen) atoms. The third-order valence-corrected chi connectivity index (χ3v) is 9.90. The average Bonchev–Trinajstić information content (AvgIpc) is 3.26. The zero-order chi connectivity index (χ0) is 44.4. The molecule has 0 aliphatic rings. The van der Waals surface area contributed by atoms with E-state index in [1.54, 1.807) is 0 Å². The second kappa shape index (κ2) is 48.7. The first-order valence-corrected chi connectivity index (χ1v) is 24.5. The molecule has 0 aliphatic heterocycles. The summed E-state index contributed by atoms with van der Waals surface area (Å²) in [6.07, 6.45) is 65.1. The summed E-state index contributed by atoms with van der Waals surface area (Å²) in [6, 6.07) is 0. The Bertz CT molecular complexity index is 1290. The van der Waals surface area contributed by atoms with Crippen molar-refractivity contribution in [3.05, 3.63) is 109 Å². The molecule has 0 saturated carbocycles. The van der Waals surface area contributed by atoms with Crippen LogP contribution in [0.25, 0.3) is 0 Å². The molecular formula is C55H88O6. The molecule has 0 fully saturated rings. The molecule has 0 saturated heterocycles. The number of hydrogen-bond acceptors (Lipinski definition) is 6. The van der Waals surface area contributed by atoms with Crippen LogP contribution in [-0.4, -0.2) is 37.2 Å². The van der Waals surface area contributed by atoms with Gasteiger partial charge in [-0.05, 0) is 89.9 Å². The third-order valence-electron chi connectivity index (χ3n) is 9.90. The van der Waals surface area contributed by atoms with E-state index in [1.165, 1.54) is 77.0 Å². The SMILES string of the molecule is CC\C=C/C=C\C=C/C=C\C=C/CCCCCC(=O)OC(COC(=O)CCCC/C=C\C/C=C\CC)COC(=O)CCCCCCCCCCCC/C=C\C=C/CCCCC. The Labute approximate surface area is 374 Å². The molecule has 0 radical (unpaired) electrons. The molecule has 0 bridgehead atoms. The molecule has 0 amide bonds. The Morgan fingerprint density at radius 2 is 0.721 bits per heavy atom. The monoisotopic (exact) mass is 845 g/mol. The van der Waals surface area contributed by atoms with Gasteiger partial charge < -0.3 is 14.2 Å². The number of hydrogen-bond donors (Lipinski definition) is 0. The van der Waals surface area contributed by atoms with Crippen LogP contribution in [0.1, 0.15) is 201 Å². The van der Waals surface area contributed by atoms with Gasteiger partial charge >= 0.3 is 17.9 Å². The van der Waals surface area contributed by atoms with Crippen LogP contribution in [0.5, 0.6) is 0 Å². The summed E-state index contributed by atoms with van der Waals surface area (Å²) in [5.41, 5.74) is 0. The summed E-state index contributed by atoms with van der Waals surface area (Å²) < 4.78 is 16.7. The van der Waals surface area contributed by atoms with Crippen LogP contribution in [0.4, 0.5) is 0 Å². The van der Waals surface area contributed by atoms with Crippen molar-refractivity contribution in [1.29, 1.82) is 0 Å². The minimum absolute atomic E-state index is 0.110. The van der Waals surface area contributed by atoms with Gasteiger partial charge in [0, 0.05) is 19.3 Å². The lowest BCUT2D eigenvalue weighted by Crippen LogP contribution is -2.30. The Balaban J connectivity index is 4.42. The predicted octanol–water partition coefficient (Wildman–Crippen LogP) is 16.0. The Morgan fingerprint density at radius 3 is 1.25 bits per heavy atom. The van der Waals surface area contributed by atoms with Crippen LogP contribution in [-0.2, 0) is 28.6 Å². The molecule has 0 N–H and O–H groups in total. The van der Waals surface area contributed by atoms with Gasteiger partial charge in [0.05, 0.1) is 0 Å². The second-order valence-electron chi connectivity index (χ2n) is 15.8. The highest BCUT2D eigenvalue weighted by Gasteiger charge is 2.19. The van der Waals surface area contributed by atoms with E-state index in [0.717, 1.165) is 77.0 Å². The maximum absolute atomic E-state index is 12.7. The van der Waals surface area contributed by atoms with Crippen molar-refractivity contribution in [2.24, 2.45) is 0 Å². The molecule has 1 atom stereocenters. The fourth-order valence-corrected chi connectivity index (χ4v) is 6.25. The standard InChI is InChI=1S/C55H88O6/c1-4-7-10-13-16-19-21-23-25-26-27-28-30-31-33-36-39-42-45-48-54(57)60-51-52(50-59-53(56)47-44-41-38-35-18-15-12-9-6-3)61-55(58)49-46-43-40-37-34-32-29-24-22-20-17-14-11-8-5-2/h8-9,11-12,14,16-24,29,32,34-35,52H,4-7,10,13,15,25-28,30-31,33,36-51H2,1-3H3/b11-8-,12-9-,17-14-,19-16-,22-20-,23-21-,29-24-,34-32-,35-18-. The van der Waals surface area contributed by atoms with Crippen LogP contribution >= 0.6 is 0 Å². The quantitative estimate of drug-likeness (QED) is 0.0200. The molecule has 6 heteroatoms. The maximum atomic E-state index is 12.7. The summed E-state index contributed by atoms with van der Waals surface area (Å²) in [7, 11) is 0. The lowest BCUT2D eigenvalue weighted by atomic mass is 10.1. The van der Waals surface area contributed by atoms with E-state index >= 15 is 0 Å². The van der Waals surface area contributed by atoms with Gasteiger partial charge in [0.15, 0.2) is 6.10 Å². The molecular weight excluding hydrogens is 757 g/mol. The number of esters is 3. The van der Waals surface area contributed by atoms with Crippen molar-refractivity contribution < 1.29 is 28.6 Å². The third kappa shape index (κ3) is 47.0. The van der Waals surface area contributed by atoms with Crippen LogP contribution < -0.4 is 0 Å². The van der Waals surface area contributed by atoms with E-state index < -0.39 is 6.10 Å². The Morgan fingerprint density at radius 1 is 0.361 bits per heavy atom. The Kier molecular flexibility index (Phi) is 45.6. The molecule has 0 aromatic heterocycles. The van der Waals surface area contributed by atoms with E-state index in [4.69, 9.17) is 14.2 Å². The number of allylic oxidation sites excluding steroid dienone is 18. The van der Waals surface area contributed by atoms with Crippen molar-refractivity contribution in [1.82, 2.24) is 0 Å². The molecule has 0 aliphatic carbocycles. The van der Waals surface area contributed by atoms with Crippen LogP contribution in [0.2, 0.25) is 0 Å². The summed E-state index contributed by atoms with van der Waals surface area (Å²) in [6.45, 7) is 6.25. The fourth-order valence-electron chi connectivity index (χ4n) is 6.25. The highest BCUT2D eigenvalue weighted by Crippen LogP contribution is 2.14. The molecule has 0 heterocycles. The second-order valence-corrected chi connectivity index (χ2v) is 15.8. The van der Waals surface area contributed by atoms with Gasteiger partial charge in [-0.3, -0.25) is 14.4 Å². The van der Waals surface area contributed by atoms with Crippen molar-refractivity contribution >= 4 is 17.9 Å². The lowest BCUT2D eigenvalue weighted by Gasteiger charge is -2.18. The smallest absolute Gasteiger partial charge is 0.306 e. The minimum Gasteiger partial charge on any atom is -0.462 e. The number of carbonyl (C=O) groups excluding carboxylic acids is 3. The van der Waals surface area contributed by atoms with Gasteiger partial charge in [-0.25, -0.2) is 0 Å². The summed E-state index contributed by atoms with van der Waals surface area (Å²) >= 11 is 0. The zero-order valence-corrected chi connectivity index (χ0v) is 39.1. The molecule has 0 spiro atoms. The van der Waals surface area contributed by atoms with Crippen molar-refractivity contribution in [2.45, 2.75) is 207 Å². The highest BCUT2D eigenvalue weighted by atomic mass is 16.6. The van der Waals surface area contributed by atoms with E-state index in [-0.39, 0.29) is 37.5 Å². The van der Waals surface area contributed by atoms with Crippen LogP contribution in [0, 0.1) is 0 Å². The minimum atomic E-state index is -0.815. The predicted molar refractivity (Wildman–Crippen MR) is 260 cm³/mol. The molecule has 6 nitrogen and oxygen atoms in total. The number of rotatable bonds is 42. The first-order valence-electron chi connectivity index (χ1n) is 24.5. The van der Waals surface area contributed by atoms with Gasteiger partial charge in [0.25, 0.3) is 0 Å². The maximum Gasteiger partial charge on any atom is 0.306 e. The van der Waals surface area contributed by atoms with E-state index in [0.29, 0.717) is 19.3 Å². The topological polar surface area (TPSA) is 78.9 Å². The van der Waals surface area contributed by atoms with Crippen LogP contribution in [0.3, 0.4) is 0 Å². The molecule has 344 valence electrons. The number of carbonyl (C=O) groups is 3. The molecule has 0 aromatic rings. The fraction of sp³-hybridized carbons (Fsp3) is 0.618. The number of ether oxygens (including phenoxy) is 3. The lowest BCUT2D eigenvalue weighted by molar-refractivity contribution is -0.167. The van der Waals surface area contributed by atoms with Gasteiger partial charge in [0.1, 0.15) is 13.2 Å². The summed E-state index contributed by atoms with van der Waals surface area (Å²) in [5.74, 6) is -1.00. The molecule has 1 unspecified atom stereocenters. The van der Waals surface area contributed by atoms with E-state index in [2.05, 4.69) is 81.5 Å². The van der Waals surface area contributed by atoms with E-state index in [1.807, 2.05) is 48.6 Å². The van der Waals surface area contributed by atoms with Crippen molar-refractivity contribution in [2.75, 3.05) is 13.2 Å². The molecule has 0 rings (SSSR count). The highest BCUT2D eigenvalue weighted by molar-refractivity contribution is 5.71. The summed E-state index contributed by atoms with van der Waals surface area (Å²) in [5, 5.41) is 0. The van der Waals surface area contributed by atoms with Gasteiger partial charge in [-0.1, -0.05) is 201 Å². The van der Waals surface area contributed by atoms with Crippen molar-refractivity contribution in [3.63, 3.8) is 0 Å². The van der Waals surface area contributed by atoms with E-state index in [9.17, 15) is 14.4 Å². The number of unbranched alkanes of at least 4 members (excludes halogenated alkanes) is 18. The largest absolute Gasteiger partial charge is 0.462 e. The van der Waals surface area contributed by atoms with Gasteiger partial charge in [-0.15, -0.1) is 0 Å². The zero-order valence-electron chi connectivity index (χ0n) is 39.1. The summed E-state index contributed by atoms with van der Waals surface area (Å²) in [4.78, 5) is 37.8. The first kappa shape index (κ1) is 57.1. The average molecular weight is 845 g/mol. The van der Waals surface area contributed by atoms with Crippen molar-refractivity contribution in [3.8, 4) is 0 Å². The van der Waals surface area contributed by atoms with Gasteiger partial charge in [-0.2, -0.15) is 0 Å². The van der Waals surface area contributed by atoms with Gasteiger partial charge in [0.2, 0.25) is 0 Å². The molecule has 0 aromatic carbocycles. The Hall–Kier alpha value is -3.93.